The third kappa shape index (κ3) is 6.50. The Hall–Kier alpha value is -2.26. The number of amides is 1. The minimum Gasteiger partial charge on any atom is -0.385 e. The lowest BCUT2D eigenvalue weighted by molar-refractivity contribution is 0.0736. The molecule has 0 bridgehead atoms. The van der Waals surface area contributed by atoms with Crippen LogP contribution in [0.15, 0.2) is 46.0 Å². The maximum Gasteiger partial charge on any atom is 0.270 e. The van der Waals surface area contributed by atoms with Gasteiger partial charge in [0.05, 0.1) is 5.83 Å². The quantitative estimate of drug-likeness (QED) is 0.270. The summed E-state index contributed by atoms with van der Waals surface area (Å²) in [5.41, 5.74) is 1.97. The van der Waals surface area contributed by atoms with Gasteiger partial charge in [-0.1, -0.05) is 44.9 Å². The van der Waals surface area contributed by atoms with Crippen molar-refractivity contribution in [3.05, 3.63) is 68.4 Å². The predicted octanol–water partition coefficient (Wildman–Crippen LogP) is 4.41. The molecule has 1 aromatic rings. The highest BCUT2D eigenvalue weighted by atomic mass is 35.5. The zero-order valence-corrected chi connectivity index (χ0v) is 21.9. The molecular formula is C26H37ClFN3O4. The van der Waals surface area contributed by atoms with Crippen molar-refractivity contribution in [3.63, 3.8) is 0 Å². The van der Waals surface area contributed by atoms with Crippen molar-refractivity contribution >= 4 is 17.5 Å². The van der Waals surface area contributed by atoms with Crippen molar-refractivity contribution in [1.29, 1.82) is 0 Å². The van der Waals surface area contributed by atoms with E-state index in [9.17, 15) is 19.1 Å². The number of pyridine rings is 1. The van der Waals surface area contributed by atoms with E-state index in [0.717, 1.165) is 6.42 Å². The Morgan fingerprint density at radius 3 is 2.66 bits per heavy atom. The van der Waals surface area contributed by atoms with Gasteiger partial charge in [-0.05, 0) is 49.5 Å². The van der Waals surface area contributed by atoms with Crippen LogP contribution in [0.5, 0.6) is 0 Å². The fraction of sp³-hybridized carbons (Fsp3) is 0.538. The summed E-state index contributed by atoms with van der Waals surface area (Å²) in [6.07, 6.45) is 5.68. The molecule has 3 N–H and O–H groups in total. The average Bonchev–Trinajstić information content (AvgIpc) is 3.12. The van der Waals surface area contributed by atoms with E-state index in [1.165, 1.54) is 24.6 Å². The maximum atomic E-state index is 13.4. The number of carbonyl (C=O) groups is 1. The number of hydrogen-bond donors (Lipinski definition) is 3. The van der Waals surface area contributed by atoms with Gasteiger partial charge >= 0.3 is 0 Å². The summed E-state index contributed by atoms with van der Waals surface area (Å²) >= 11 is 5.68. The molecule has 0 fully saturated rings. The number of rotatable bonds is 13. The van der Waals surface area contributed by atoms with E-state index in [1.807, 2.05) is 20.8 Å². The number of halogens is 2. The SMILES string of the molecule is CCCC1(C(C)CCOC)NC(=O)c2c(CC)c(C(O)NCC(/C=C/Cl)=C/C=C(\C)F)cc(=O)n21. The normalized spacial score (nSPS) is 20.3. The highest BCUT2D eigenvalue weighted by Gasteiger charge is 2.47. The standard InChI is InChI=1S/C26H37ClFN3O4/c1-6-12-26(17(3)11-14-35-5)30-25(34)23-20(7-2)21(15-22(32)31(23)26)24(33)29-16-19(10-13-27)9-8-18(4)28/h8-10,13,15,17,24,29,33H,6-7,11-12,14,16H2,1-5H3,(H,30,34)/b13-10+,18-8+,19-9+. The van der Waals surface area contributed by atoms with Crippen molar-refractivity contribution in [2.75, 3.05) is 20.3 Å². The first-order chi connectivity index (χ1) is 16.7. The van der Waals surface area contributed by atoms with E-state index in [1.54, 1.807) is 23.8 Å². The number of aliphatic hydroxyl groups is 1. The average molecular weight is 510 g/mol. The number of nitrogens with zero attached hydrogens (tertiary/aromatic N) is 1. The minimum atomic E-state index is -1.22. The molecule has 1 aliphatic heterocycles. The number of aliphatic hydroxyl groups excluding tert-OH is 1. The number of aromatic nitrogens is 1. The smallest absolute Gasteiger partial charge is 0.270 e. The molecule has 0 saturated heterocycles. The molecule has 0 spiro atoms. The molecule has 0 aromatic carbocycles. The number of allylic oxidation sites excluding steroid dienone is 3. The molecule has 3 unspecified atom stereocenters. The van der Waals surface area contributed by atoms with Crippen LogP contribution in [0.2, 0.25) is 0 Å². The van der Waals surface area contributed by atoms with Gasteiger partial charge in [-0.2, -0.15) is 0 Å². The lowest BCUT2D eigenvalue weighted by atomic mass is 9.87. The van der Waals surface area contributed by atoms with E-state index >= 15 is 0 Å². The van der Waals surface area contributed by atoms with Crippen LogP contribution in [0, 0.1) is 5.92 Å². The van der Waals surface area contributed by atoms with Crippen LogP contribution < -0.4 is 16.2 Å². The molecule has 194 valence electrons. The molecule has 0 aliphatic carbocycles. The summed E-state index contributed by atoms with van der Waals surface area (Å²) in [6, 6.07) is 1.40. The third-order valence-corrected chi connectivity index (χ3v) is 6.58. The predicted molar refractivity (Wildman–Crippen MR) is 137 cm³/mol. The van der Waals surface area contributed by atoms with Crippen molar-refractivity contribution in [2.24, 2.45) is 5.92 Å². The molecule has 1 aromatic heterocycles. The second kappa shape index (κ2) is 13.2. The van der Waals surface area contributed by atoms with Gasteiger partial charge in [0.1, 0.15) is 17.6 Å². The Bertz CT molecular complexity index is 1050. The van der Waals surface area contributed by atoms with Gasteiger partial charge in [-0.25, -0.2) is 4.39 Å². The van der Waals surface area contributed by atoms with Crippen molar-refractivity contribution in [2.45, 2.75) is 65.3 Å². The first-order valence-electron chi connectivity index (χ1n) is 12.0. The highest BCUT2D eigenvalue weighted by molar-refractivity contribution is 6.25. The molecule has 0 radical (unpaired) electrons. The molecule has 1 amide bonds. The molecule has 9 heteroatoms. The highest BCUT2D eigenvalue weighted by Crippen LogP contribution is 2.37. The number of carbonyl (C=O) groups excluding carboxylic acids is 1. The van der Waals surface area contributed by atoms with Crippen LogP contribution in [0.4, 0.5) is 4.39 Å². The van der Waals surface area contributed by atoms with Crippen LogP contribution >= 0.6 is 11.6 Å². The summed E-state index contributed by atoms with van der Waals surface area (Å²) in [5.74, 6) is -0.738. The van der Waals surface area contributed by atoms with Crippen molar-refractivity contribution in [3.8, 4) is 0 Å². The molecule has 2 heterocycles. The summed E-state index contributed by atoms with van der Waals surface area (Å²) in [7, 11) is 1.63. The fourth-order valence-corrected chi connectivity index (χ4v) is 4.87. The summed E-state index contributed by atoms with van der Waals surface area (Å²) in [5, 5.41) is 17.0. The molecular weight excluding hydrogens is 473 g/mol. The largest absolute Gasteiger partial charge is 0.385 e. The summed E-state index contributed by atoms with van der Waals surface area (Å²) in [4.78, 5) is 26.7. The molecule has 35 heavy (non-hydrogen) atoms. The number of methoxy groups -OCH3 is 1. The molecule has 7 nitrogen and oxygen atoms in total. The Labute approximate surface area is 211 Å². The van der Waals surface area contributed by atoms with E-state index < -0.39 is 11.9 Å². The van der Waals surface area contributed by atoms with Gasteiger partial charge in [0.15, 0.2) is 0 Å². The van der Waals surface area contributed by atoms with Crippen LogP contribution in [0.1, 0.15) is 74.8 Å². The van der Waals surface area contributed by atoms with Gasteiger partial charge in [-0.3, -0.25) is 19.5 Å². The van der Waals surface area contributed by atoms with E-state index in [4.69, 9.17) is 16.3 Å². The third-order valence-electron chi connectivity index (χ3n) is 6.45. The van der Waals surface area contributed by atoms with Gasteiger partial charge in [-0.15, -0.1) is 0 Å². The topological polar surface area (TPSA) is 92.6 Å². The van der Waals surface area contributed by atoms with Crippen LogP contribution in [0.25, 0.3) is 0 Å². The Kier molecular flexibility index (Phi) is 10.9. The lowest BCUT2D eigenvalue weighted by Crippen LogP contribution is -2.52. The second-order valence-corrected chi connectivity index (χ2v) is 9.09. The summed E-state index contributed by atoms with van der Waals surface area (Å²) in [6.45, 7) is 7.91. The monoisotopic (exact) mass is 509 g/mol. The molecule has 2 rings (SSSR count). The maximum absolute atomic E-state index is 13.4. The van der Waals surface area contributed by atoms with Crippen molar-refractivity contribution < 1.29 is 19.0 Å². The van der Waals surface area contributed by atoms with Crippen LogP contribution in [0.3, 0.4) is 0 Å². The lowest BCUT2D eigenvalue weighted by Gasteiger charge is -2.37. The first kappa shape index (κ1) is 29.0. The number of ether oxygens (including phenoxy) is 1. The Morgan fingerprint density at radius 2 is 2.09 bits per heavy atom. The zero-order chi connectivity index (χ0) is 26.2. The number of nitrogens with one attached hydrogen (secondary N) is 2. The number of fused-ring (bicyclic) bond motifs is 1. The van der Waals surface area contributed by atoms with Gasteiger partial charge in [0.25, 0.3) is 11.5 Å². The Morgan fingerprint density at radius 1 is 1.37 bits per heavy atom. The van der Waals surface area contributed by atoms with E-state index in [0.29, 0.717) is 48.3 Å². The van der Waals surface area contributed by atoms with Crippen LogP contribution in [-0.2, 0) is 16.8 Å². The fourth-order valence-electron chi connectivity index (χ4n) is 4.71. The summed E-state index contributed by atoms with van der Waals surface area (Å²) < 4.78 is 20.0. The van der Waals surface area contributed by atoms with E-state index in [-0.39, 0.29) is 29.8 Å². The van der Waals surface area contributed by atoms with E-state index in [2.05, 4.69) is 10.6 Å². The van der Waals surface area contributed by atoms with Gasteiger partial charge in [0.2, 0.25) is 0 Å². The molecule has 0 saturated carbocycles. The molecule has 1 aliphatic rings. The van der Waals surface area contributed by atoms with Gasteiger partial charge in [0, 0.05) is 43.3 Å². The van der Waals surface area contributed by atoms with Crippen molar-refractivity contribution in [1.82, 2.24) is 15.2 Å². The van der Waals surface area contributed by atoms with Crippen LogP contribution in [-0.4, -0.2) is 35.8 Å². The number of hydrogen-bond acceptors (Lipinski definition) is 5. The minimum absolute atomic E-state index is 0.0500. The second-order valence-electron chi connectivity index (χ2n) is 8.84. The zero-order valence-electron chi connectivity index (χ0n) is 21.2. The van der Waals surface area contributed by atoms with Gasteiger partial charge < -0.3 is 15.2 Å². The first-order valence-corrected chi connectivity index (χ1v) is 12.4. The Balaban J connectivity index is 2.52. The molecule has 3 atom stereocenters.